The third-order valence-corrected chi connectivity index (χ3v) is 2.49. The molecule has 0 spiro atoms. The van der Waals surface area contributed by atoms with E-state index >= 15 is 0 Å². The Kier molecular flexibility index (Phi) is 4.66. The van der Waals surface area contributed by atoms with E-state index in [0.29, 0.717) is 12.8 Å². The molecule has 0 unspecified atom stereocenters. The monoisotopic (exact) mass is 212 g/mol. The second kappa shape index (κ2) is 5.81. The maximum Gasteiger partial charge on any atom is 0.138 e. The van der Waals surface area contributed by atoms with E-state index in [2.05, 4.69) is 0 Å². The number of hydrogen-bond acceptors (Lipinski definition) is 2. The smallest absolute Gasteiger partial charge is 0.138 e. The van der Waals surface area contributed by atoms with Crippen molar-refractivity contribution in [2.45, 2.75) is 12.8 Å². The Morgan fingerprint density at radius 1 is 1.50 bits per heavy atom. The van der Waals surface area contributed by atoms with Crippen molar-refractivity contribution in [2.24, 2.45) is 0 Å². The van der Waals surface area contributed by atoms with Crippen LogP contribution in [-0.2, 0) is 11.2 Å². The van der Waals surface area contributed by atoms with Crippen LogP contribution in [0, 0.1) is 5.82 Å². The van der Waals surface area contributed by atoms with Crippen molar-refractivity contribution < 1.29 is 9.18 Å². The first kappa shape index (κ1) is 11.2. The Morgan fingerprint density at radius 2 is 2.29 bits per heavy atom. The van der Waals surface area contributed by atoms with Crippen LogP contribution in [0.2, 0.25) is 0 Å². The molecule has 0 heterocycles. The summed E-state index contributed by atoms with van der Waals surface area (Å²) in [6.07, 6.45) is 2.88. The number of hydrogen-bond donors (Lipinski definition) is 0. The molecule has 14 heavy (non-hydrogen) atoms. The van der Waals surface area contributed by atoms with E-state index in [4.69, 9.17) is 0 Å². The Bertz CT molecular complexity index is 312. The standard InChI is InChI=1S/C11H13FOS/c1-14-6-5-11(13)8-9-3-2-4-10(12)7-9/h2-4,7H,5-6,8H2,1H3. The van der Waals surface area contributed by atoms with Crippen LogP contribution in [0.15, 0.2) is 24.3 Å². The molecule has 0 aliphatic rings. The zero-order valence-corrected chi connectivity index (χ0v) is 8.94. The van der Waals surface area contributed by atoms with Crippen molar-refractivity contribution in [3.63, 3.8) is 0 Å². The van der Waals surface area contributed by atoms with Gasteiger partial charge in [-0.05, 0) is 29.7 Å². The van der Waals surface area contributed by atoms with E-state index in [-0.39, 0.29) is 11.6 Å². The third kappa shape index (κ3) is 3.92. The number of Topliss-reactive ketones (excluding diaryl/α,β-unsaturated/α-hetero) is 1. The minimum absolute atomic E-state index is 0.171. The first-order valence-corrected chi connectivity index (χ1v) is 5.87. The van der Waals surface area contributed by atoms with Gasteiger partial charge in [-0.25, -0.2) is 4.39 Å². The number of halogens is 1. The van der Waals surface area contributed by atoms with Crippen LogP contribution in [0.3, 0.4) is 0 Å². The van der Waals surface area contributed by atoms with Crippen molar-refractivity contribution in [3.8, 4) is 0 Å². The molecule has 0 bridgehead atoms. The van der Waals surface area contributed by atoms with Gasteiger partial charge in [-0.1, -0.05) is 12.1 Å². The summed E-state index contributed by atoms with van der Waals surface area (Å²) in [5, 5.41) is 0. The van der Waals surface area contributed by atoms with Crippen molar-refractivity contribution in [1.29, 1.82) is 0 Å². The first-order chi connectivity index (χ1) is 6.72. The van der Waals surface area contributed by atoms with Gasteiger partial charge >= 0.3 is 0 Å². The van der Waals surface area contributed by atoms with Crippen molar-refractivity contribution in [1.82, 2.24) is 0 Å². The molecule has 0 radical (unpaired) electrons. The molecule has 0 aromatic heterocycles. The molecule has 0 saturated carbocycles. The fraction of sp³-hybridized carbons (Fsp3) is 0.364. The van der Waals surface area contributed by atoms with Crippen LogP contribution >= 0.6 is 11.8 Å². The molecule has 0 saturated heterocycles. The molecule has 0 N–H and O–H groups in total. The highest BCUT2D eigenvalue weighted by Crippen LogP contribution is 2.06. The number of ketones is 1. The maximum absolute atomic E-state index is 12.8. The summed E-state index contributed by atoms with van der Waals surface area (Å²) in [5.41, 5.74) is 0.760. The van der Waals surface area contributed by atoms with Gasteiger partial charge in [0.2, 0.25) is 0 Å². The van der Waals surface area contributed by atoms with Crippen LogP contribution in [-0.4, -0.2) is 17.8 Å². The van der Waals surface area contributed by atoms with Gasteiger partial charge in [-0.2, -0.15) is 11.8 Å². The lowest BCUT2D eigenvalue weighted by Crippen LogP contribution is -2.03. The van der Waals surface area contributed by atoms with Crippen LogP contribution in [0.1, 0.15) is 12.0 Å². The number of thioether (sulfide) groups is 1. The predicted octanol–water partition coefficient (Wildman–Crippen LogP) is 2.69. The molecule has 1 nitrogen and oxygen atoms in total. The number of rotatable bonds is 5. The Balaban J connectivity index is 2.47. The Labute approximate surface area is 87.7 Å². The summed E-state index contributed by atoms with van der Waals surface area (Å²) in [7, 11) is 0. The van der Waals surface area contributed by atoms with E-state index in [1.54, 1.807) is 23.9 Å². The highest BCUT2D eigenvalue weighted by molar-refractivity contribution is 7.98. The van der Waals surface area contributed by atoms with Gasteiger partial charge in [0.1, 0.15) is 11.6 Å². The van der Waals surface area contributed by atoms with E-state index in [1.165, 1.54) is 12.1 Å². The van der Waals surface area contributed by atoms with Gasteiger partial charge in [-0.15, -0.1) is 0 Å². The molecule has 1 rings (SSSR count). The predicted molar refractivity (Wildman–Crippen MR) is 58.1 cm³/mol. The summed E-state index contributed by atoms with van der Waals surface area (Å²) >= 11 is 1.65. The molecule has 3 heteroatoms. The zero-order valence-electron chi connectivity index (χ0n) is 8.13. The summed E-state index contributed by atoms with van der Waals surface area (Å²) in [6, 6.07) is 6.21. The largest absolute Gasteiger partial charge is 0.299 e. The summed E-state index contributed by atoms with van der Waals surface area (Å²) in [4.78, 5) is 11.3. The Morgan fingerprint density at radius 3 is 2.93 bits per heavy atom. The number of benzene rings is 1. The van der Waals surface area contributed by atoms with Crippen LogP contribution in [0.5, 0.6) is 0 Å². The third-order valence-electron chi connectivity index (χ3n) is 1.88. The minimum Gasteiger partial charge on any atom is -0.299 e. The first-order valence-electron chi connectivity index (χ1n) is 4.47. The van der Waals surface area contributed by atoms with E-state index in [1.807, 2.05) is 6.26 Å². The highest BCUT2D eigenvalue weighted by Gasteiger charge is 2.03. The molecule has 0 fully saturated rings. The fourth-order valence-electron chi connectivity index (χ4n) is 1.18. The summed E-state index contributed by atoms with van der Waals surface area (Å²) in [6.45, 7) is 0. The lowest BCUT2D eigenvalue weighted by atomic mass is 10.1. The molecule has 0 amide bonds. The van der Waals surface area contributed by atoms with Gasteiger partial charge in [0.05, 0.1) is 0 Å². The normalized spacial score (nSPS) is 10.1. The topological polar surface area (TPSA) is 17.1 Å². The second-order valence-electron chi connectivity index (χ2n) is 3.09. The van der Waals surface area contributed by atoms with Gasteiger partial charge in [-0.3, -0.25) is 4.79 Å². The average Bonchev–Trinajstić information content (AvgIpc) is 2.15. The molecule has 0 atom stereocenters. The molecule has 0 aliphatic carbocycles. The average molecular weight is 212 g/mol. The molecule has 1 aromatic carbocycles. The lowest BCUT2D eigenvalue weighted by Gasteiger charge is -2.00. The molecular weight excluding hydrogens is 199 g/mol. The minimum atomic E-state index is -0.278. The quantitative estimate of drug-likeness (QED) is 0.746. The van der Waals surface area contributed by atoms with E-state index < -0.39 is 0 Å². The molecule has 1 aromatic rings. The van der Waals surface area contributed by atoms with Crippen LogP contribution < -0.4 is 0 Å². The van der Waals surface area contributed by atoms with Crippen molar-refractivity contribution in [2.75, 3.05) is 12.0 Å². The van der Waals surface area contributed by atoms with Crippen molar-refractivity contribution >= 4 is 17.5 Å². The van der Waals surface area contributed by atoms with Gasteiger partial charge in [0.15, 0.2) is 0 Å². The maximum atomic E-state index is 12.8. The number of carbonyl (C=O) groups excluding carboxylic acids is 1. The molecule has 76 valence electrons. The lowest BCUT2D eigenvalue weighted by molar-refractivity contribution is -0.118. The number of carbonyl (C=O) groups is 1. The van der Waals surface area contributed by atoms with Gasteiger partial charge in [0, 0.05) is 12.8 Å². The second-order valence-corrected chi connectivity index (χ2v) is 4.07. The van der Waals surface area contributed by atoms with Gasteiger partial charge < -0.3 is 0 Å². The van der Waals surface area contributed by atoms with Crippen LogP contribution in [0.4, 0.5) is 4.39 Å². The molecule has 0 aliphatic heterocycles. The van der Waals surface area contributed by atoms with Gasteiger partial charge in [0.25, 0.3) is 0 Å². The van der Waals surface area contributed by atoms with Crippen molar-refractivity contribution in [3.05, 3.63) is 35.6 Å². The summed E-state index contributed by atoms with van der Waals surface area (Å²) < 4.78 is 12.8. The molecular formula is C11H13FOS. The summed E-state index contributed by atoms with van der Waals surface area (Å²) in [5.74, 6) is 0.735. The van der Waals surface area contributed by atoms with Crippen LogP contribution in [0.25, 0.3) is 0 Å². The van der Waals surface area contributed by atoms with E-state index in [0.717, 1.165) is 11.3 Å². The van der Waals surface area contributed by atoms with E-state index in [9.17, 15) is 9.18 Å². The Hall–Kier alpha value is -0.830. The highest BCUT2D eigenvalue weighted by atomic mass is 32.2. The zero-order chi connectivity index (χ0) is 10.4. The SMILES string of the molecule is CSCCC(=O)Cc1cccc(F)c1. The fourth-order valence-corrected chi connectivity index (χ4v) is 1.61.